The van der Waals surface area contributed by atoms with Crippen molar-refractivity contribution in [3.63, 3.8) is 0 Å². The lowest BCUT2D eigenvalue weighted by atomic mass is 9.98. The highest BCUT2D eigenvalue weighted by Gasteiger charge is 2.61. The van der Waals surface area contributed by atoms with E-state index in [9.17, 15) is 4.79 Å². The van der Waals surface area contributed by atoms with Gasteiger partial charge in [0.2, 0.25) is 0 Å². The molecule has 0 bridgehead atoms. The van der Waals surface area contributed by atoms with Crippen LogP contribution in [0.3, 0.4) is 0 Å². The third kappa shape index (κ3) is 2.23. The van der Waals surface area contributed by atoms with Crippen LogP contribution in [0.15, 0.2) is 0 Å². The maximum Gasteiger partial charge on any atom is 0.251 e. The van der Waals surface area contributed by atoms with Gasteiger partial charge in [-0.05, 0) is 27.7 Å². The van der Waals surface area contributed by atoms with Crippen molar-refractivity contribution in [2.45, 2.75) is 70.0 Å². The molecule has 0 radical (unpaired) electrons. The molecule has 3 aliphatic heterocycles. The molecule has 20 heavy (non-hydrogen) atoms. The monoisotopic (exact) mass is 287 g/mol. The zero-order valence-corrected chi connectivity index (χ0v) is 12.3. The van der Waals surface area contributed by atoms with Crippen LogP contribution >= 0.6 is 0 Å². The van der Waals surface area contributed by atoms with Crippen molar-refractivity contribution >= 4 is 5.91 Å². The molecule has 3 heterocycles. The zero-order chi connectivity index (χ0) is 14.7. The Hall–Kier alpha value is -0.730. The molecule has 5 atom stereocenters. The summed E-state index contributed by atoms with van der Waals surface area (Å²) in [6.07, 6.45) is -2.72. The number of hydrogen-bond donors (Lipinski definition) is 1. The summed E-state index contributed by atoms with van der Waals surface area (Å²) < 4.78 is 29.0. The van der Waals surface area contributed by atoms with Crippen molar-refractivity contribution in [3.05, 3.63) is 0 Å². The lowest BCUT2D eigenvalue weighted by Gasteiger charge is -2.36. The average Bonchev–Trinajstić information content (AvgIpc) is 2.81. The van der Waals surface area contributed by atoms with Crippen molar-refractivity contribution in [2.75, 3.05) is 7.05 Å². The lowest BCUT2D eigenvalue weighted by molar-refractivity contribution is -0.231. The fraction of sp³-hybridized carbons (Fsp3) is 0.923. The van der Waals surface area contributed by atoms with Gasteiger partial charge in [-0.15, -0.1) is 0 Å². The molecule has 0 spiro atoms. The molecule has 1 amide bonds. The highest BCUT2D eigenvalue weighted by Crippen LogP contribution is 2.44. The molecule has 0 aromatic rings. The smallest absolute Gasteiger partial charge is 0.251 e. The molecule has 7 nitrogen and oxygen atoms in total. The van der Waals surface area contributed by atoms with Gasteiger partial charge in [-0.3, -0.25) is 4.79 Å². The Morgan fingerprint density at radius 1 is 0.900 bits per heavy atom. The predicted octanol–water partition coefficient (Wildman–Crippen LogP) is 0.129. The minimum Gasteiger partial charge on any atom is -0.357 e. The zero-order valence-electron chi connectivity index (χ0n) is 12.3. The van der Waals surface area contributed by atoms with E-state index in [1.165, 1.54) is 0 Å². The van der Waals surface area contributed by atoms with Gasteiger partial charge in [0, 0.05) is 7.05 Å². The van der Waals surface area contributed by atoms with E-state index in [1.54, 1.807) is 20.9 Å². The van der Waals surface area contributed by atoms with Crippen molar-refractivity contribution in [1.82, 2.24) is 5.32 Å². The number of rotatable bonds is 1. The Bertz CT molecular complexity index is 423. The number of ether oxygens (including phenoxy) is 5. The molecule has 0 saturated carbocycles. The molecular weight excluding hydrogens is 266 g/mol. The Balaban J connectivity index is 1.90. The molecule has 0 aliphatic carbocycles. The number of hydrogen-bond acceptors (Lipinski definition) is 6. The van der Waals surface area contributed by atoms with E-state index >= 15 is 0 Å². The first-order valence-electron chi connectivity index (χ1n) is 6.81. The Kier molecular flexibility index (Phi) is 3.11. The van der Waals surface area contributed by atoms with Crippen molar-refractivity contribution in [2.24, 2.45) is 0 Å². The number of fused-ring (bicyclic) bond motifs is 3. The van der Waals surface area contributed by atoms with Gasteiger partial charge in [0.25, 0.3) is 5.91 Å². The van der Waals surface area contributed by atoms with Gasteiger partial charge in [0.15, 0.2) is 24.0 Å². The standard InChI is InChI=1S/C13H21NO6/c1-12(2)17-6-7(18-12)9-11(20-13(3,4)19-9)16-8(6)10(15)14-5/h6-9,11H,1-5H3,(H,14,15)/t6-,7+,8-,9-,11-/m1/s1. The first-order valence-corrected chi connectivity index (χ1v) is 6.81. The van der Waals surface area contributed by atoms with Gasteiger partial charge in [-0.1, -0.05) is 0 Å². The van der Waals surface area contributed by atoms with Crippen LogP contribution < -0.4 is 5.32 Å². The summed E-state index contributed by atoms with van der Waals surface area (Å²) in [6.45, 7) is 7.23. The lowest BCUT2D eigenvalue weighted by Crippen LogP contribution is -2.59. The van der Waals surface area contributed by atoms with Crippen LogP contribution in [0.25, 0.3) is 0 Å². The van der Waals surface area contributed by atoms with Crippen LogP contribution in [0.4, 0.5) is 0 Å². The van der Waals surface area contributed by atoms with E-state index < -0.39 is 42.3 Å². The molecule has 1 N–H and O–H groups in total. The second-order valence-electron chi connectivity index (χ2n) is 6.20. The molecule has 0 aromatic heterocycles. The molecule has 7 heteroatoms. The van der Waals surface area contributed by atoms with Crippen LogP contribution in [0.2, 0.25) is 0 Å². The summed E-state index contributed by atoms with van der Waals surface area (Å²) in [7, 11) is 1.56. The number of carbonyl (C=O) groups is 1. The van der Waals surface area contributed by atoms with E-state index in [1.807, 2.05) is 13.8 Å². The third-order valence-electron chi connectivity index (χ3n) is 3.66. The average molecular weight is 287 g/mol. The maximum absolute atomic E-state index is 12.0. The summed E-state index contributed by atoms with van der Waals surface area (Å²) in [5, 5.41) is 2.58. The van der Waals surface area contributed by atoms with Crippen LogP contribution in [0.1, 0.15) is 27.7 Å². The van der Waals surface area contributed by atoms with E-state index in [2.05, 4.69) is 5.32 Å². The van der Waals surface area contributed by atoms with E-state index in [-0.39, 0.29) is 5.91 Å². The van der Waals surface area contributed by atoms with Crippen LogP contribution in [0.5, 0.6) is 0 Å². The fourth-order valence-electron chi connectivity index (χ4n) is 2.97. The minimum absolute atomic E-state index is 0.256. The van der Waals surface area contributed by atoms with Gasteiger partial charge in [0.1, 0.15) is 18.3 Å². The van der Waals surface area contributed by atoms with Crippen molar-refractivity contribution in [1.29, 1.82) is 0 Å². The SMILES string of the molecule is CNC(=O)[C@@H]1O[C@@H]2OC(C)(C)O[C@@H]2[C@H]2OC(C)(C)O[C@H]21. The number of nitrogens with one attached hydrogen (secondary N) is 1. The molecule has 0 unspecified atom stereocenters. The van der Waals surface area contributed by atoms with Crippen LogP contribution in [-0.4, -0.2) is 55.2 Å². The molecule has 0 aromatic carbocycles. The summed E-state index contributed by atoms with van der Waals surface area (Å²) in [5.74, 6) is -1.81. The summed E-state index contributed by atoms with van der Waals surface area (Å²) >= 11 is 0. The molecule has 3 saturated heterocycles. The topological polar surface area (TPSA) is 75.3 Å². The number of carbonyl (C=O) groups excluding carboxylic acids is 1. The summed E-state index contributed by atoms with van der Waals surface area (Å²) in [6, 6.07) is 0. The highest BCUT2D eigenvalue weighted by molar-refractivity contribution is 5.81. The summed E-state index contributed by atoms with van der Waals surface area (Å²) in [4.78, 5) is 12.0. The van der Waals surface area contributed by atoms with E-state index in [0.29, 0.717) is 0 Å². The first kappa shape index (κ1) is 14.2. The fourth-order valence-corrected chi connectivity index (χ4v) is 2.97. The maximum atomic E-state index is 12.0. The second kappa shape index (κ2) is 4.38. The second-order valence-corrected chi connectivity index (χ2v) is 6.20. The van der Waals surface area contributed by atoms with Gasteiger partial charge >= 0.3 is 0 Å². The van der Waals surface area contributed by atoms with Crippen molar-refractivity contribution < 1.29 is 28.5 Å². The van der Waals surface area contributed by atoms with E-state index in [4.69, 9.17) is 23.7 Å². The van der Waals surface area contributed by atoms with Gasteiger partial charge in [0.05, 0.1) is 0 Å². The van der Waals surface area contributed by atoms with Gasteiger partial charge < -0.3 is 29.0 Å². The summed E-state index contributed by atoms with van der Waals surface area (Å²) in [5.41, 5.74) is 0. The number of amides is 1. The third-order valence-corrected chi connectivity index (χ3v) is 3.66. The molecule has 3 rings (SSSR count). The Labute approximate surface area is 117 Å². The normalized spacial score (nSPS) is 44.8. The first-order chi connectivity index (χ1) is 9.22. The van der Waals surface area contributed by atoms with Crippen LogP contribution in [0, 0.1) is 0 Å². The quantitative estimate of drug-likeness (QED) is 0.739. The van der Waals surface area contributed by atoms with Crippen molar-refractivity contribution in [3.8, 4) is 0 Å². The molecule has 3 fully saturated rings. The Morgan fingerprint density at radius 3 is 2.10 bits per heavy atom. The highest BCUT2D eigenvalue weighted by atomic mass is 16.9. The molecule has 114 valence electrons. The number of likely N-dealkylation sites (N-methyl/N-ethyl adjacent to an activating group) is 1. The van der Waals surface area contributed by atoms with Gasteiger partial charge in [-0.25, -0.2) is 0 Å². The van der Waals surface area contributed by atoms with Crippen LogP contribution in [-0.2, 0) is 28.5 Å². The largest absolute Gasteiger partial charge is 0.357 e. The van der Waals surface area contributed by atoms with E-state index in [0.717, 1.165) is 0 Å². The predicted molar refractivity (Wildman–Crippen MR) is 66.6 cm³/mol. The molecule has 3 aliphatic rings. The van der Waals surface area contributed by atoms with Gasteiger partial charge in [-0.2, -0.15) is 0 Å². The minimum atomic E-state index is -0.782. The Morgan fingerprint density at radius 2 is 1.45 bits per heavy atom. The molecular formula is C13H21NO6.